The number of carbonyl (C=O) groups excluding carboxylic acids is 1. The Bertz CT molecular complexity index is 733. The van der Waals surface area contributed by atoms with E-state index in [4.69, 9.17) is 4.74 Å². The van der Waals surface area contributed by atoms with Crippen LogP contribution >= 0.6 is 0 Å². The molecule has 1 amide bonds. The Balaban J connectivity index is 1.49. The second-order valence-electron chi connectivity index (χ2n) is 6.34. The van der Waals surface area contributed by atoms with Crippen molar-refractivity contribution in [3.63, 3.8) is 0 Å². The van der Waals surface area contributed by atoms with Crippen LogP contribution in [-0.2, 0) is 4.74 Å². The molecule has 4 rings (SSSR count). The summed E-state index contributed by atoms with van der Waals surface area (Å²) in [6.45, 7) is 3.58. The van der Waals surface area contributed by atoms with Crippen LogP contribution in [0.15, 0.2) is 36.9 Å². The number of carbonyl (C=O) groups is 1. The third-order valence-corrected chi connectivity index (χ3v) is 4.69. The van der Waals surface area contributed by atoms with Crippen LogP contribution < -0.4 is 4.90 Å². The van der Waals surface area contributed by atoms with Gasteiger partial charge in [-0.1, -0.05) is 0 Å². The number of hydrogen-bond donors (Lipinski definition) is 0. The molecular formula is C18H21N5O2. The van der Waals surface area contributed by atoms with Gasteiger partial charge in [-0.2, -0.15) is 0 Å². The average Bonchev–Trinajstić information content (AvgIpc) is 3.23. The molecule has 1 atom stereocenters. The maximum atomic E-state index is 12.9. The van der Waals surface area contributed by atoms with E-state index >= 15 is 0 Å². The molecular weight excluding hydrogens is 318 g/mol. The van der Waals surface area contributed by atoms with Crippen molar-refractivity contribution in [2.45, 2.75) is 18.9 Å². The maximum absolute atomic E-state index is 12.9. The van der Waals surface area contributed by atoms with Crippen LogP contribution in [0.4, 0.5) is 5.82 Å². The lowest BCUT2D eigenvalue weighted by Crippen LogP contribution is -2.42. The Morgan fingerprint density at radius 1 is 1.12 bits per heavy atom. The summed E-state index contributed by atoms with van der Waals surface area (Å²) in [5.41, 5.74) is 1.43. The van der Waals surface area contributed by atoms with Crippen LogP contribution in [0.25, 0.3) is 0 Å². The van der Waals surface area contributed by atoms with Crippen molar-refractivity contribution in [3.8, 4) is 0 Å². The highest BCUT2D eigenvalue weighted by Crippen LogP contribution is 2.23. The predicted octanol–water partition coefficient (Wildman–Crippen LogP) is 1.69. The molecule has 2 saturated heterocycles. The van der Waals surface area contributed by atoms with Gasteiger partial charge < -0.3 is 14.5 Å². The standard InChI is InChI=1S/C18H21N5O2/c24-18(14-3-4-21-17(11-14)22-7-1-2-8-22)23-9-10-25-16(13-23)15-12-19-5-6-20-15/h3-6,11-12,16H,1-2,7-10,13H2/t16-/m0/s1. The van der Waals surface area contributed by atoms with Crippen molar-refractivity contribution in [1.82, 2.24) is 19.9 Å². The number of amides is 1. The molecule has 0 N–H and O–H groups in total. The van der Waals surface area contributed by atoms with Gasteiger partial charge in [0.05, 0.1) is 25.0 Å². The summed E-state index contributed by atoms with van der Waals surface area (Å²) in [6.07, 6.45) is 8.83. The first-order chi connectivity index (χ1) is 12.3. The molecule has 2 aliphatic heterocycles. The lowest BCUT2D eigenvalue weighted by Gasteiger charge is -2.32. The molecule has 0 unspecified atom stereocenters. The van der Waals surface area contributed by atoms with Gasteiger partial charge in [-0.05, 0) is 25.0 Å². The molecule has 2 aromatic heterocycles. The quantitative estimate of drug-likeness (QED) is 0.847. The summed E-state index contributed by atoms with van der Waals surface area (Å²) in [4.78, 5) is 29.8. The summed E-state index contributed by atoms with van der Waals surface area (Å²) >= 11 is 0. The molecule has 7 nitrogen and oxygen atoms in total. The van der Waals surface area contributed by atoms with Gasteiger partial charge in [0.1, 0.15) is 11.9 Å². The molecule has 0 aromatic carbocycles. The summed E-state index contributed by atoms with van der Waals surface area (Å²) in [6, 6.07) is 3.69. The van der Waals surface area contributed by atoms with Gasteiger partial charge in [0.15, 0.2) is 0 Å². The van der Waals surface area contributed by atoms with Crippen molar-refractivity contribution in [3.05, 3.63) is 48.2 Å². The Kier molecular flexibility index (Phi) is 4.56. The lowest BCUT2D eigenvalue weighted by molar-refractivity contribution is -0.0249. The Labute approximate surface area is 146 Å². The number of rotatable bonds is 3. The molecule has 25 heavy (non-hydrogen) atoms. The minimum atomic E-state index is -0.230. The van der Waals surface area contributed by atoms with Gasteiger partial charge >= 0.3 is 0 Å². The molecule has 2 aliphatic rings. The highest BCUT2D eigenvalue weighted by atomic mass is 16.5. The van der Waals surface area contributed by atoms with E-state index < -0.39 is 0 Å². The first-order valence-electron chi connectivity index (χ1n) is 8.69. The van der Waals surface area contributed by atoms with Crippen LogP contribution in [0.1, 0.15) is 35.0 Å². The number of anilines is 1. The molecule has 7 heteroatoms. The molecule has 0 spiro atoms. The second-order valence-corrected chi connectivity index (χ2v) is 6.34. The van der Waals surface area contributed by atoms with E-state index in [0.29, 0.717) is 25.3 Å². The number of pyridine rings is 1. The zero-order chi connectivity index (χ0) is 17.1. The average molecular weight is 339 g/mol. The third kappa shape index (κ3) is 3.46. The molecule has 0 bridgehead atoms. The molecule has 2 aromatic rings. The van der Waals surface area contributed by atoms with Crippen molar-refractivity contribution in [1.29, 1.82) is 0 Å². The zero-order valence-corrected chi connectivity index (χ0v) is 14.0. The van der Waals surface area contributed by atoms with Crippen LogP contribution in [0.2, 0.25) is 0 Å². The smallest absolute Gasteiger partial charge is 0.254 e. The Morgan fingerprint density at radius 3 is 2.80 bits per heavy atom. The minimum absolute atomic E-state index is 0.0139. The van der Waals surface area contributed by atoms with Gasteiger partial charge in [-0.15, -0.1) is 0 Å². The van der Waals surface area contributed by atoms with Gasteiger partial charge in [0.2, 0.25) is 0 Å². The van der Waals surface area contributed by atoms with Crippen molar-refractivity contribution >= 4 is 11.7 Å². The van der Waals surface area contributed by atoms with Crippen LogP contribution in [0.3, 0.4) is 0 Å². The molecule has 130 valence electrons. The minimum Gasteiger partial charge on any atom is -0.368 e. The summed E-state index contributed by atoms with van der Waals surface area (Å²) in [5.74, 6) is 0.905. The van der Waals surface area contributed by atoms with E-state index in [1.54, 1.807) is 30.9 Å². The SMILES string of the molecule is O=C(c1ccnc(N2CCCC2)c1)N1CCO[C@H](c2cnccn2)C1. The normalized spacial score (nSPS) is 20.7. The van der Waals surface area contributed by atoms with E-state index in [0.717, 1.165) is 24.6 Å². The van der Waals surface area contributed by atoms with E-state index in [1.165, 1.54) is 12.8 Å². The van der Waals surface area contributed by atoms with Gasteiger partial charge in [-0.3, -0.25) is 14.8 Å². The second kappa shape index (κ2) is 7.14. The molecule has 2 fully saturated rings. The highest BCUT2D eigenvalue weighted by Gasteiger charge is 2.27. The fourth-order valence-corrected chi connectivity index (χ4v) is 3.34. The van der Waals surface area contributed by atoms with Crippen LogP contribution in [0.5, 0.6) is 0 Å². The highest BCUT2D eigenvalue weighted by molar-refractivity contribution is 5.95. The molecule has 0 aliphatic carbocycles. The first kappa shape index (κ1) is 16.0. The van der Waals surface area contributed by atoms with Crippen molar-refractivity contribution in [2.24, 2.45) is 0 Å². The molecule has 0 radical (unpaired) electrons. The van der Waals surface area contributed by atoms with E-state index in [-0.39, 0.29) is 12.0 Å². The number of morpholine rings is 1. The van der Waals surface area contributed by atoms with E-state index in [2.05, 4.69) is 19.9 Å². The molecule has 0 saturated carbocycles. The first-order valence-corrected chi connectivity index (χ1v) is 8.69. The Morgan fingerprint density at radius 2 is 2.00 bits per heavy atom. The Hall–Kier alpha value is -2.54. The third-order valence-electron chi connectivity index (χ3n) is 4.69. The van der Waals surface area contributed by atoms with Gasteiger partial charge in [0, 0.05) is 43.8 Å². The molecule has 4 heterocycles. The number of nitrogens with zero attached hydrogens (tertiary/aromatic N) is 5. The van der Waals surface area contributed by atoms with Gasteiger partial charge in [-0.25, -0.2) is 4.98 Å². The van der Waals surface area contributed by atoms with E-state index in [1.807, 2.05) is 11.0 Å². The summed E-state index contributed by atoms with van der Waals surface area (Å²) in [5, 5.41) is 0. The summed E-state index contributed by atoms with van der Waals surface area (Å²) in [7, 11) is 0. The fraction of sp³-hybridized carbons (Fsp3) is 0.444. The monoisotopic (exact) mass is 339 g/mol. The number of aromatic nitrogens is 3. The number of hydrogen-bond acceptors (Lipinski definition) is 6. The largest absolute Gasteiger partial charge is 0.368 e. The van der Waals surface area contributed by atoms with E-state index in [9.17, 15) is 4.79 Å². The van der Waals surface area contributed by atoms with Crippen molar-refractivity contribution < 1.29 is 9.53 Å². The summed E-state index contributed by atoms with van der Waals surface area (Å²) < 4.78 is 5.77. The van der Waals surface area contributed by atoms with Crippen LogP contribution in [-0.4, -0.2) is 58.5 Å². The number of ether oxygens (including phenoxy) is 1. The topological polar surface area (TPSA) is 71.5 Å². The maximum Gasteiger partial charge on any atom is 0.254 e. The lowest BCUT2D eigenvalue weighted by atomic mass is 10.1. The van der Waals surface area contributed by atoms with Gasteiger partial charge in [0.25, 0.3) is 5.91 Å². The van der Waals surface area contributed by atoms with Crippen molar-refractivity contribution in [2.75, 3.05) is 37.7 Å². The zero-order valence-electron chi connectivity index (χ0n) is 14.0. The predicted molar refractivity (Wildman–Crippen MR) is 92.3 cm³/mol. The van der Waals surface area contributed by atoms with Crippen LogP contribution in [0, 0.1) is 0 Å². The fourth-order valence-electron chi connectivity index (χ4n) is 3.34.